The molecular weight excluding hydrogens is 242 g/mol. The third-order valence-electron chi connectivity index (χ3n) is 4.27. The van der Waals surface area contributed by atoms with E-state index in [1.807, 2.05) is 29.9 Å². The third-order valence-corrected chi connectivity index (χ3v) is 4.27. The lowest BCUT2D eigenvalue weighted by atomic mass is 10.00. The fourth-order valence-electron chi connectivity index (χ4n) is 3.19. The summed E-state index contributed by atoms with van der Waals surface area (Å²) in [5.41, 5.74) is 2.37. The zero-order chi connectivity index (χ0) is 13.6. The summed E-state index contributed by atoms with van der Waals surface area (Å²) < 4.78 is 1.86. The summed E-state index contributed by atoms with van der Waals surface area (Å²) >= 11 is 0. The molecule has 0 radical (unpaired) electrons. The number of hydrogen-bond acceptors (Lipinski definition) is 3. The number of likely N-dealkylation sites (tertiary alicyclic amines) is 1. The number of urea groups is 1. The highest BCUT2D eigenvalue weighted by molar-refractivity contribution is 5.77. The molecule has 0 unspecified atom stereocenters. The number of nitrogens with one attached hydrogen (secondary N) is 1. The van der Waals surface area contributed by atoms with Gasteiger partial charge < -0.3 is 10.2 Å². The molecule has 1 aromatic heterocycles. The highest BCUT2D eigenvalue weighted by Crippen LogP contribution is 2.22. The average Bonchev–Trinajstić information content (AvgIpc) is 2.81. The molecule has 0 aliphatic carbocycles. The van der Waals surface area contributed by atoms with Gasteiger partial charge in [0, 0.05) is 39.9 Å². The van der Waals surface area contributed by atoms with Crippen LogP contribution in [-0.4, -0.2) is 57.8 Å². The minimum atomic E-state index is 0.0610. The Bertz CT molecular complexity index is 497. The van der Waals surface area contributed by atoms with Crippen LogP contribution in [0.1, 0.15) is 17.7 Å². The molecular formula is C13H21N5O. The predicted octanol–water partition coefficient (Wildman–Crippen LogP) is 0.326. The number of likely N-dealkylation sites (N-methyl/N-ethyl adjacent to an activating group) is 1. The fourth-order valence-corrected chi connectivity index (χ4v) is 3.19. The zero-order valence-corrected chi connectivity index (χ0v) is 11.8. The van der Waals surface area contributed by atoms with Crippen LogP contribution >= 0.6 is 0 Å². The Morgan fingerprint density at radius 2 is 2.26 bits per heavy atom. The number of hydrogen-bond donors (Lipinski definition) is 1. The van der Waals surface area contributed by atoms with Crippen molar-refractivity contribution >= 4 is 6.03 Å². The minimum absolute atomic E-state index is 0.0610. The monoisotopic (exact) mass is 263 g/mol. The number of carbonyl (C=O) groups excluding carboxylic acids is 1. The number of piperidine rings is 1. The third kappa shape index (κ3) is 2.20. The summed E-state index contributed by atoms with van der Waals surface area (Å²) in [6.07, 6.45) is 3.08. The topological polar surface area (TPSA) is 53.4 Å². The van der Waals surface area contributed by atoms with Crippen LogP contribution < -0.4 is 5.32 Å². The predicted molar refractivity (Wildman–Crippen MR) is 71.7 cm³/mol. The summed E-state index contributed by atoms with van der Waals surface area (Å²) in [7, 11) is 3.84. The molecule has 0 saturated carbocycles. The van der Waals surface area contributed by atoms with Crippen molar-refractivity contribution in [1.82, 2.24) is 24.9 Å². The Morgan fingerprint density at radius 1 is 1.47 bits per heavy atom. The van der Waals surface area contributed by atoms with Gasteiger partial charge in [-0.1, -0.05) is 0 Å². The first-order valence-electron chi connectivity index (χ1n) is 6.79. The zero-order valence-electron chi connectivity index (χ0n) is 11.8. The van der Waals surface area contributed by atoms with E-state index in [2.05, 4.69) is 22.2 Å². The van der Waals surface area contributed by atoms with E-state index in [-0.39, 0.29) is 12.1 Å². The van der Waals surface area contributed by atoms with E-state index in [9.17, 15) is 4.79 Å². The lowest BCUT2D eigenvalue weighted by molar-refractivity contribution is 0.146. The van der Waals surface area contributed by atoms with Gasteiger partial charge in [0.2, 0.25) is 0 Å². The highest BCUT2D eigenvalue weighted by Gasteiger charge is 2.40. The molecule has 19 heavy (non-hydrogen) atoms. The molecule has 3 rings (SSSR count). The highest BCUT2D eigenvalue weighted by atomic mass is 16.2. The Hall–Kier alpha value is -1.56. The molecule has 104 valence electrons. The first kappa shape index (κ1) is 12.5. The fraction of sp³-hybridized carbons (Fsp3) is 0.692. The molecule has 6 heteroatoms. The second kappa shape index (κ2) is 4.52. The van der Waals surface area contributed by atoms with Gasteiger partial charge in [0.05, 0.1) is 17.8 Å². The maximum atomic E-state index is 11.6. The van der Waals surface area contributed by atoms with Crippen LogP contribution in [0.3, 0.4) is 0 Å². The molecule has 2 aliphatic heterocycles. The molecule has 1 aromatic rings. The number of rotatable bonds is 2. The first-order chi connectivity index (χ1) is 9.04. The van der Waals surface area contributed by atoms with Gasteiger partial charge >= 0.3 is 6.03 Å². The Morgan fingerprint density at radius 3 is 2.95 bits per heavy atom. The molecule has 6 nitrogen and oxygen atoms in total. The number of carbonyl (C=O) groups is 1. The van der Waals surface area contributed by atoms with Gasteiger partial charge in [0.25, 0.3) is 0 Å². The van der Waals surface area contributed by atoms with Crippen molar-refractivity contribution < 1.29 is 4.79 Å². The maximum absolute atomic E-state index is 11.6. The van der Waals surface area contributed by atoms with E-state index < -0.39 is 0 Å². The Balaban J connectivity index is 1.66. The van der Waals surface area contributed by atoms with Gasteiger partial charge in [-0.25, -0.2) is 4.79 Å². The van der Waals surface area contributed by atoms with E-state index >= 15 is 0 Å². The van der Waals surface area contributed by atoms with Gasteiger partial charge in [-0.15, -0.1) is 0 Å². The van der Waals surface area contributed by atoms with Crippen LogP contribution in [0, 0.1) is 6.92 Å². The molecule has 2 aliphatic rings. The van der Waals surface area contributed by atoms with E-state index in [0.29, 0.717) is 6.04 Å². The summed E-state index contributed by atoms with van der Waals surface area (Å²) in [6, 6.07) is 0.676. The number of aromatic nitrogens is 2. The average molecular weight is 263 g/mol. The van der Waals surface area contributed by atoms with Crippen LogP contribution in [0.25, 0.3) is 0 Å². The molecule has 0 bridgehead atoms. The van der Waals surface area contributed by atoms with Crippen molar-refractivity contribution in [2.24, 2.45) is 7.05 Å². The second-order valence-electron chi connectivity index (χ2n) is 5.69. The van der Waals surface area contributed by atoms with Gasteiger partial charge in [0.1, 0.15) is 0 Å². The number of amides is 2. The lowest BCUT2D eigenvalue weighted by Crippen LogP contribution is -2.50. The number of fused-ring (bicyclic) bond motifs is 1. The molecule has 2 saturated heterocycles. The van der Waals surface area contributed by atoms with E-state index in [1.165, 1.54) is 5.56 Å². The maximum Gasteiger partial charge on any atom is 0.317 e. The number of aryl methyl sites for hydroxylation is 2. The van der Waals surface area contributed by atoms with Crippen molar-refractivity contribution in [3.63, 3.8) is 0 Å². The van der Waals surface area contributed by atoms with Crippen molar-refractivity contribution in [3.05, 3.63) is 17.5 Å². The van der Waals surface area contributed by atoms with Crippen LogP contribution in [0.5, 0.6) is 0 Å². The minimum Gasteiger partial charge on any atom is -0.332 e. The van der Waals surface area contributed by atoms with Crippen molar-refractivity contribution in [2.75, 3.05) is 20.1 Å². The van der Waals surface area contributed by atoms with Crippen LogP contribution in [0.2, 0.25) is 0 Å². The van der Waals surface area contributed by atoms with Gasteiger partial charge in [-0.3, -0.25) is 9.58 Å². The smallest absolute Gasteiger partial charge is 0.317 e. The van der Waals surface area contributed by atoms with Crippen LogP contribution in [-0.2, 0) is 13.6 Å². The van der Waals surface area contributed by atoms with E-state index in [1.54, 1.807) is 0 Å². The molecule has 2 atom stereocenters. The summed E-state index contributed by atoms with van der Waals surface area (Å²) in [5.74, 6) is 0. The summed E-state index contributed by atoms with van der Waals surface area (Å²) in [6.45, 7) is 4.91. The second-order valence-corrected chi connectivity index (χ2v) is 5.69. The van der Waals surface area contributed by atoms with Crippen LogP contribution in [0.15, 0.2) is 6.20 Å². The lowest BCUT2D eigenvalue weighted by Gasteiger charge is -2.35. The van der Waals surface area contributed by atoms with Crippen molar-refractivity contribution in [3.8, 4) is 0 Å². The first-order valence-corrected chi connectivity index (χ1v) is 6.79. The van der Waals surface area contributed by atoms with E-state index in [0.717, 1.165) is 31.7 Å². The number of nitrogens with zero attached hydrogens (tertiary/aromatic N) is 4. The van der Waals surface area contributed by atoms with Gasteiger partial charge in [-0.05, 0) is 18.9 Å². The quantitative estimate of drug-likeness (QED) is 0.836. The standard InChI is InChI=1S/C13H21N5O/c1-9-6-16(2)15-10(9)7-18-5-4-12-11(8-18)14-13(19)17(12)3/h6,11-12H,4-5,7-8H2,1-3H3,(H,14,19)/t11-,12+/m1/s1. The Kier molecular flexibility index (Phi) is 2.97. The Labute approximate surface area is 113 Å². The normalized spacial score (nSPS) is 27.5. The van der Waals surface area contributed by atoms with Gasteiger partial charge in [0.15, 0.2) is 0 Å². The molecule has 2 amide bonds. The molecule has 3 heterocycles. The van der Waals surface area contributed by atoms with Crippen molar-refractivity contribution in [2.45, 2.75) is 32.0 Å². The summed E-state index contributed by atoms with van der Waals surface area (Å²) in [4.78, 5) is 15.9. The molecule has 1 N–H and O–H groups in total. The SMILES string of the molecule is Cc1cn(C)nc1CN1CC[C@H]2[C@@H](C1)NC(=O)N2C. The largest absolute Gasteiger partial charge is 0.332 e. The summed E-state index contributed by atoms with van der Waals surface area (Å²) in [5, 5.41) is 7.56. The van der Waals surface area contributed by atoms with Crippen molar-refractivity contribution in [1.29, 1.82) is 0 Å². The molecule has 2 fully saturated rings. The molecule has 0 spiro atoms. The van der Waals surface area contributed by atoms with E-state index in [4.69, 9.17) is 0 Å². The van der Waals surface area contributed by atoms with Gasteiger partial charge in [-0.2, -0.15) is 5.10 Å². The van der Waals surface area contributed by atoms with Crippen LogP contribution in [0.4, 0.5) is 4.79 Å². The molecule has 0 aromatic carbocycles.